The first-order valence-corrected chi connectivity index (χ1v) is 14.9. The Morgan fingerprint density at radius 2 is 1.10 bits per heavy atom. The van der Waals surface area contributed by atoms with Gasteiger partial charge in [0.1, 0.15) is 0 Å². The smallest absolute Gasteiger partial charge is 0.201 e. The molecule has 3 aromatic rings. The van der Waals surface area contributed by atoms with Gasteiger partial charge in [-0.3, -0.25) is 0 Å². The number of hydrogen-bond donors (Lipinski definition) is 0. The van der Waals surface area contributed by atoms with E-state index >= 15 is 0 Å². The molecule has 0 heterocycles. The van der Waals surface area contributed by atoms with E-state index in [9.17, 15) is 26.3 Å². The zero-order valence-electron chi connectivity index (χ0n) is 23.9. The molecule has 3 aromatic carbocycles. The van der Waals surface area contributed by atoms with Crippen molar-refractivity contribution in [3.63, 3.8) is 0 Å². The highest BCUT2D eigenvalue weighted by Gasteiger charge is 2.33. The average Bonchev–Trinajstić information content (AvgIpc) is 3.00. The van der Waals surface area contributed by atoms with Crippen LogP contribution in [0, 0.1) is 59.6 Å². The predicted octanol–water partition coefficient (Wildman–Crippen LogP) is 10.1. The van der Waals surface area contributed by atoms with Crippen LogP contribution in [0.25, 0.3) is 11.1 Å². The van der Waals surface area contributed by atoms with Crippen LogP contribution < -0.4 is 9.47 Å². The molecule has 2 aliphatic rings. The molecular weight excluding hydrogens is 554 g/mol. The van der Waals surface area contributed by atoms with Gasteiger partial charge in [0.15, 0.2) is 34.8 Å². The topological polar surface area (TPSA) is 18.5 Å². The molecule has 0 N–H and O–H groups in total. The van der Waals surface area contributed by atoms with Crippen molar-refractivity contribution in [2.24, 2.45) is 17.8 Å². The molecule has 8 heteroatoms. The van der Waals surface area contributed by atoms with E-state index < -0.39 is 34.9 Å². The van der Waals surface area contributed by atoms with Crippen LogP contribution in [0.2, 0.25) is 0 Å². The van der Waals surface area contributed by atoms with E-state index in [2.05, 4.69) is 0 Å². The van der Waals surface area contributed by atoms with Crippen LogP contribution >= 0.6 is 0 Å². The van der Waals surface area contributed by atoms with Crippen LogP contribution in [0.15, 0.2) is 36.4 Å². The zero-order valence-corrected chi connectivity index (χ0v) is 23.9. The highest BCUT2D eigenvalue weighted by Crippen LogP contribution is 2.45. The summed E-state index contributed by atoms with van der Waals surface area (Å²) in [7, 11) is 0. The minimum Gasteiger partial charge on any atom is -0.491 e. The zero-order chi connectivity index (χ0) is 30.0. The first kappa shape index (κ1) is 30.3. The van der Waals surface area contributed by atoms with E-state index in [4.69, 9.17) is 9.47 Å². The number of hydrogen-bond acceptors (Lipinski definition) is 2. The second kappa shape index (κ2) is 13.0. The molecule has 0 atom stereocenters. The Morgan fingerprint density at radius 3 is 1.74 bits per heavy atom. The van der Waals surface area contributed by atoms with Crippen molar-refractivity contribution < 1.29 is 35.8 Å². The number of ether oxygens (including phenoxy) is 2. The van der Waals surface area contributed by atoms with Crippen molar-refractivity contribution in [1.82, 2.24) is 0 Å². The summed E-state index contributed by atoms with van der Waals surface area (Å²) < 4.78 is 97.8. The second-order valence-electron chi connectivity index (χ2n) is 11.7. The number of benzene rings is 3. The molecule has 0 spiro atoms. The fourth-order valence-corrected chi connectivity index (χ4v) is 6.77. The SMILES string of the molecule is CCOc1ccc(C2CCC(C3CCC(COc4ccc(-c5ccc(C)c(F)c5F)c(F)c4F)CC3)CC2)c(F)c1F. The van der Waals surface area contributed by atoms with E-state index in [1.807, 2.05) is 0 Å². The quantitative estimate of drug-likeness (QED) is 0.243. The van der Waals surface area contributed by atoms with Gasteiger partial charge in [-0.05, 0) is 118 Å². The van der Waals surface area contributed by atoms with Gasteiger partial charge >= 0.3 is 0 Å². The predicted molar refractivity (Wildman–Crippen MR) is 150 cm³/mol. The van der Waals surface area contributed by atoms with E-state index in [-0.39, 0.29) is 53.2 Å². The molecule has 0 aliphatic heterocycles. The van der Waals surface area contributed by atoms with Crippen molar-refractivity contribution in [2.45, 2.75) is 71.1 Å². The molecule has 226 valence electrons. The Kier molecular flexibility index (Phi) is 9.38. The Labute approximate surface area is 243 Å². The van der Waals surface area contributed by atoms with Gasteiger partial charge in [0.05, 0.1) is 13.2 Å². The fraction of sp³-hybridized carbons (Fsp3) is 0.471. The minimum absolute atomic E-state index is 0.000584. The van der Waals surface area contributed by atoms with Crippen molar-refractivity contribution in [2.75, 3.05) is 13.2 Å². The molecule has 2 saturated carbocycles. The Balaban J connectivity index is 1.12. The van der Waals surface area contributed by atoms with E-state index in [1.165, 1.54) is 37.3 Å². The Hall–Kier alpha value is -3.16. The molecule has 0 saturated heterocycles. The van der Waals surface area contributed by atoms with E-state index in [0.29, 0.717) is 17.4 Å². The third-order valence-corrected chi connectivity index (χ3v) is 9.23. The molecule has 0 unspecified atom stereocenters. The Morgan fingerprint density at radius 1 is 0.571 bits per heavy atom. The van der Waals surface area contributed by atoms with Gasteiger partial charge in [-0.1, -0.05) is 18.2 Å². The lowest BCUT2D eigenvalue weighted by molar-refractivity contribution is 0.129. The van der Waals surface area contributed by atoms with Crippen LogP contribution in [0.5, 0.6) is 11.5 Å². The van der Waals surface area contributed by atoms with Gasteiger partial charge in [-0.2, -0.15) is 8.78 Å². The third kappa shape index (κ3) is 6.13. The molecule has 0 aromatic heterocycles. The first-order chi connectivity index (χ1) is 20.2. The molecule has 42 heavy (non-hydrogen) atoms. The lowest BCUT2D eigenvalue weighted by Crippen LogP contribution is -2.27. The Bertz CT molecular complexity index is 1410. The lowest BCUT2D eigenvalue weighted by Gasteiger charge is -2.38. The second-order valence-corrected chi connectivity index (χ2v) is 11.7. The average molecular weight is 591 g/mol. The summed E-state index contributed by atoms with van der Waals surface area (Å²) in [5.41, 5.74) is -0.189. The van der Waals surface area contributed by atoms with Gasteiger partial charge in [-0.25, -0.2) is 17.6 Å². The summed E-state index contributed by atoms with van der Waals surface area (Å²) >= 11 is 0. The van der Waals surface area contributed by atoms with Gasteiger partial charge < -0.3 is 9.47 Å². The highest BCUT2D eigenvalue weighted by molar-refractivity contribution is 5.66. The number of aryl methyl sites for hydroxylation is 1. The standard InChI is InChI=1S/C34H36F6O2/c1-3-41-27-16-14-24(30(36)33(27)39)23-11-9-22(10-12-23)21-7-5-20(6-8-21)18-42-28-17-15-26(32(38)34(28)40)25-13-4-19(2)29(35)31(25)37/h4,13-17,20-23H,3,5-12,18H2,1-2H3. The summed E-state index contributed by atoms with van der Waals surface area (Å²) in [5.74, 6) is -5.54. The van der Waals surface area contributed by atoms with Crippen molar-refractivity contribution in [3.05, 3.63) is 82.4 Å². The molecular formula is C34H36F6O2. The largest absolute Gasteiger partial charge is 0.491 e. The maximum atomic E-state index is 14.8. The fourth-order valence-electron chi connectivity index (χ4n) is 6.77. The molecule has 0 amide bonds. The van der Waals surface area contributed by atoms with Crippen molar-refractivity contribution in [3.8, 4) is 22.6 Å². The molecule has 0 bridgehead atoms. The first-order valence-electron chi connectivity index (χ1n) is 14.9. The van der Waals surface area contributed by atoms with Crippen LogP contribution in [0.1, 0.15) is 75.3 Å². The normalized spacial score (nSPS) is 22.7. The molecule has 2 aliphatic carbocycles. The summed E-state index contributed by atoms with van der Waals surface area (Å²) in [6.45, 7) is 3.64. The highest BCUT2D eigenvalue weighted by atomic mass is 19.2. The van der Waals surface area contributed by atoms with Gasteiger partial charge in [0, 0.05) is 11.1 Å². The van der Waals surface area contributed by atoms with Crippen LogP contribution in [-0.2, 0) is 0 Å². The molecule has 2 fully saturated rings. The molecule has 0 radical (unpaired) electrons. The maximum absolute atomic E-state index is 14.8. The molecule has 2 nitrogen and oxygen atoms in total. The van der Waals surface area contributed by atoms with Gasteiger partial charge in [-0.15, -0.1) is 0 Å². The van der Waals surface area contributed by atoms with Crippen LogP contribution in [0.4, 0.5) is 26.3 Å². The van der Waals surface area contributed by atoms with Crippen molar-refractivity contribution in [1.29, 1.82) is 0 Å². The monoisotopic (exact) mass is 590 g/mol. The van der Waals surface area contributed by atoms with Crippen LogP contribution in [0.3, 0.4) is 0 Å². The summed E-state index contributed by atoms with van der Waals surface area (Å²) in [6, 6.07) is 8.19. The summed E-state index contributed by atoms with van der Waals surface area (Å²) in [4.78, 5) is 0. The van der Waals surface area contributed by atoms with Gasteiger partial charge in [0.25, 0.3) is 0 Å². The van der Waals surface area contributed by atoms with Crippen molar-refractivity contribution >= 4 is 0 Å². The lowest BCUT2D eigenvalue weighted by atomic mass is 9.68. The van der Waals surface area contributed by atoms with Gasteiger partial charge in [0.2, 0.25) is 11.6 Å². The molecule has 5 rings (SSSR count). The number of rotatable bonds is 8. The maximum Gasteiger partial charge on any atom is 0.201 e. The number of halogens is 6. The van der Waals surface area contributed by atoms with Crippen LogP contribution in [-0.4, -0.2) is 13.2 Å². The summed E-state index contributed by atoms with van der Waals surface area (Å²) in [5, 5.41) is 0. The van der Waals surface area contributed by atoms with E-state index in [1.54, 1.807) is 13.0 Å². The summed E-state index contributed by atoms with van der Waals surface area (Å²) in [6.07, 6.45) is 7.38. The minimum atomic E-state index is -1.28. The third-order valence-electron chi connectivity index (χ3n) is 9.23. The van der Waals surface area contributed by atoms with E-state index in [0.717, 1.165) is 51.4 Å².